The van der Waals surface area contributed by atoms with Crippen LogP contribution in [0.4, 0.5) is 5.69 Å². The molecule has 0 fully saturated rings. The monoisotopic (exact) mass is 447 g/mol. The Balaban J connectivity index is 1.38. The van der Waals surface area contributed by atoms with Crippen molar-refractivity contribution >= 4 is 23.4 Å². The van der Waals surface area contributed by atoms with Crippen molar-refractivity contribution in [3.8, 4) is 5.75 Å². The van der Waals surface area contributed by atoms with Gasteiger partial charge in [0.15, 0.2) is 6.61 Å². The first-order valence-electron chi connectivity index (χ1n) is 11.2. The van der Waals surface area contributed by atoms with Gasteiger partial charge in [0.1, 0.15) is 5.75 Å². The molecule has 4 nitrogen and oxygen atoms in total. The van der Waals surface area contributed by atoms with Gasteiger partial charge in [0.2, 0.25) is 0 Å². The molecular formula is C27H29NO3S. The molecule has 1 aliphatic rings. The second-order valence-corrected chi connectivity index (χ2v) is 9.17. The maximum atomic E-state index is 10.9. The van der Waals surface area contributed by atoms with Crippen LogP contribution in [0.25, 0.3) is 0 Å². The van der Waals surface area contributed by atoms with Crippen LogP contribution in [-0.2, 0) is 11.2 Å². The summed E-state index contributed by atoms with van der Waals surface area (Å²) in [6.07, 6.45) is 3.07. The number of nitrogens with zero attached hydrogens (tertiary/aromatic N) is 1. The number of carboxylic acids is 1. The minimum atomic E-state index is -0.946. The molecule has 32 heavy (non-hydrogen) atoms. The zero-order valence-corrected chi connectivity index (χ0v) is 19.0. The lowest BCUT2D eigenvalue weighted by Gasteiger charge is -2.32. The van der Waals surface area contributed by atoms with E-state index < -0.39 is 5.97 Å². The van der Waals surface area contributed by atoms with Gasteiger partial charge >= 0.3 is 5.97 Å². The summed E-state index contributed by atoms with van der Waals surface area (Å²) in [4.78, 5) is 13.3. The van der Waals surface area contributed by atoms with E-state index in [9.17, 15) is 4.79 Å². The smallest absolute Gasteiger partial charge is 0.341 e. The molecule has 0 spiro atoms. The lowest BCUT2D eigenvalue weighted by Crippen LogP contribution is -2.31. The molecule has 0 amide bonds. The number of ether oxygens (including phenoxy) is 1. The largest absolute Gasteiger partial charge is 0.482 e. The Labute approximate surface area is 194 Å². The fourth-order valence-corrected chi connectivity index (χ4v) is 5.50. The van der Waals surface area contributed by atoms with Crippen LogP contribution in [0.2, 0.25) is 0 Å². The molecule has 5 heteroatoms. The Bertz CT molecular complexity index is 970. The van der Waals surface area contributed by atoms with E-state index in [1.807, 2.05) is 23.9 Å². The van der Waals surface area contributed by atoms with Gasteiger partial charge in [0.05, 0.1) is 5.25 Å². The predicted octanol–water partition coefficient (Wildman–Crippen LogP) is 5.82. The van der Waals surface area contributed by atoms with Gasteiger partial charge in [0.25, 0.3) is 0 Å². The molecule has 0 aliphatic carbocycles. The van der Waals surface area contributed by atoms with Gasteiger partial charge in [-0.2, -0.15) is 0 Å². The second kappa shape index (κ2) is 11.1. The number of anilines is 1. The van der Waals surface area contributed by atoms with Crippen molar-refractivity contribution in [1.29, 1.82) is 0 Å². The maximum Gasteiger partial charge on any atom is 0.341 e. The minimum absolute atomic E-state index is 0.298. The third kappa shape index (κ3) is 5.65. The van der Waals surface area contributed by atoms with Gasteiger partial charge < -0.3 is 14.7 Å². The maximum absolute atomic E-state index is 10.9. The molecule has 0 saturated carbocycles. The molecule has 1 heterocycles. The van der Waals surface area contributed by atoms with Crippen molar-refractivity contribution in [2.45, 2.75) is 24.5 Å². The zero-order valence-electron chi connectivity index (χ0n) is 18.2. The van der Waals surface area contributed by atoms with Gasteiger partial charge in [-0.1, -0.05) is 66.7 Å². The van der Waals surface area contributed by atoms with Crippen LogP contribution in [0.1, 0.15) is 34.8 Å². The fraction of sp³-hybridized carbons (Fsp3) is 0.296. The van der Waals surface area contributed by atoms with Gasteiger partial charge in [0, 0.05) is 24.3 Å². The normalized spacial score (nSPS) is 13.1. The zero-order chi connectivity index (χ0) is 22.2. The minimum Gasteiger partial charge on any atom is -0.482 e. The highest BCUT2D eigenvalue weighted by atomic mass is 32.2. The number of hydrogen-bond donors (Lipinski definition) is 1. The quantitative estimate of drug-likeness (QED) is 0.397. The van der Waals surface area contributed by atoms with Gasteiger partial charge in [-0.25, -0.2) is 4.79 Å². The molecule has 3 aromatic carbocycles. The van der Waals surface area contributed by atoms with Crippen LogP contribution < -0.4 is 9.64 Å². The van der Waals surface area contributed by atoms with Crippen LogP contribution in [0.3, 0.4) is 0 Å². The third-order valence-electron chi connectivity index (χ3n) is 5.72. The molecule has 1 aliphatic heterocycles. The Hall–Kier alpha value is -2.92. The topological polar surface area (TPSA) is 49.8 Å². The summed E-state index contributed by atoms with van der Waals surface area (Å²) in [5, 5.41) is 9.28. The number of carbonyl (C=O) groups is 1. The summed E-state index contributed by atoms with van der Waals surface area (Å²) in [6.45, 7) is 1.72. The number of carboxylic acid groups (broad SMARTS) is 1. The van der Waals surface area contributed by atoms with Crippen molar-refractivity contribution in [3.05, 3.63) is 95.6 Å². The van der Waals surface area contributed by atoms with Crippen LogP contribution in [0.5, 0.6) is 5.75 Å². The van der Waals surface area contributed by atoms with E-state index >= 15 is 0 Å². The number of rotatable bonds is 10. The highest BCUT2D eigenvalue weighted by Crippen LogP contribution is 2.37. The highest BCUT2D eigenvalue weighted by Gasteiger charge is 2.21. The number of aliphatic carboxylic acids is 1. The lowest BCUT2D eigenvalue weighted by atomic mass is 10.0. The van der Waals surface area contributed by atoms with E-state index in [1.54, 1.807) is 0 Å². The Morgan fingerprint density at radius 2 is 1.66 bits per heavy atom. The van der Waals surface area contributed by atoms with E-state index in [0.717, 1.165) is 43.7 Å². The number of fused-ring (bicyclic) bond motifs is 1. The fourth-order valence-electron chi connectivity index (χ4n) is 4.27. The summed E-state index contributed by atoms with van der Waals surface area (Å²) in [7, 11) is 0. The summed E-state index contributed by atoms with van der Waals surface area (Å²) in [5.74, 6) is 0.825. The molecular weight excluding hydrogens is 418 g/mol. The summed E-state index contributed by atoms with van der Waals surface area (Å²) in [6, 6.07) is 27.4. The van der Waals surface area contributed by atoms with Crippen LogP contribution in [0.15, 0.2) is 78.9 Å². The summed E-state index contributed by atoms with van der Waals surface area (Å²) < 4.78 is 5.54. The molecule has 0 saturated heterocycles. The van der Waals surface area contributed by atoms with Gasteiger partial charge in [-0.3, -0.25) is 0 Å². The predicted molar refractivity (Wildman–Crippen MR) is 132 cm³/mol. The first-order valence-corrected chi connectivity index (χ1v) is 12.2. The Kier molecular flexibility index (Phi) is 7.73. The molecule has 4 rings (SSSR count). The van der Waals surface area contributed by atoms with Crippen molar-refractivity contribution in [3.63, 3.8) is 0 Å². The molecule has 3 aromatic rings. The van der Waals surface area contributed by atoms with Crippen molar-refractivity contribution in [2.24, 2.45) is 0 Å². The van der Waals surface area contributed by atoms with Crippen molar-refractivity contribution in [2.75, 3.05) is 30.3 Å². The first kappa shape index (κ1) is 22.3. The van der Waals surface area contributed by atoms with E-state index in [4.69, 9.17) is 9.84 Å². The molecule has 0 atom stereocenters. The van der Waals surface area contributed by atoms with E-state index in [2.05, 4.69) is 71.6 Å². The average Bonchev–Trinajstić information content (AvgIpc) is 2.84. The van der Waals surface area contributed by atoms with Gasteiger partial charge in [-0.05, 0) is 48.3 Å². The summed E-state index contributed by atoms with van der Waals surface area (Å²) >= 11 is 2.00. The van der Waals surface area contributed by atoms with Crippen molar-refractivity contribution < 1.29 is 14.6 Å². The summed E-state index contributed by atoms with van der Waals surface area (Å²) in [5.41, 5.74) is 5.00. The Morgan fingerprint density at radius 1 is 0.969 bits per heavy atom. The van der Waals surface area contributed by atoms with E-state index in [0.29, 0.717) is 11.0 Å². The molecule has 1 N–H and O–H groups in total. The number of hydrogen-bond acceptors (Lipinski definition) is 4. The Morgan fingerprint density at radius 3 is 2.31 bits per heavy atom. The average molecular weight is 448 g/mol. The van der Waals surface area contributed by atoms with E-state index in [-0.39, 0.29) is 6.61 Å². The third-order valence-corrected chi connectivity index (χ3v) is 7.12. The second-order valence-electron chi connectivity index (χ2n) is 7.95. The molecule has 0 unspecified atom stereocenters. The van der Waals surface area contributed by atoms with Gasteiger partial charge in [-0.15, -0.1) is 11.8 Å². The molecule has 0 bridgehead atoms. The van der Waals surface area contributed by atoms with Crippen LogP contribution >= 0.6 is 11.8 Å². The molecule has 166 valence electrons. The molecule has 0 aromatic heterocycles. The first-order chi connectivity index (χ1) is 15.7. The van der Waals surface area contributed by atoms with Crippen LogP contribution in [-0.4, -0.2) is 36.5 Å². The SMILES string of the molecule is O=C(O)COc1cccc2c1CCCN2CCCSC(c1ccccc1)c1ccccc1. The number of thioether (sulfide) groups is 1. The lowest BCUT2D eigenvalue weighted by molar-refractivity contribution is -0.139. The molecule has 0 radical (unpaired) electrons. The highest BCUT2D eigenvalue weighted by molar-refractivity contribution is 7.99. The van der Waals surface area contributed by atoms with Crippen LogP contribution in [0, 0.1) is 0 Å². The van der Waals surface area contributed by atoms with E-state index in [1.165, 1.54) is 16.8 Å². The number of benzene rings is 3. The standard InChI is InChI=1S/C27H29NO3S/c29-26(30)20-31-25-16-7-15-24-23(25)14-8-17-28(24)18-9-19-32-27(21-10-3-1-4-11-21)22-12-5-2-6-13-22/h1-7,10-13,15-16,27H,8-9,14,17-20H2,(H,29,30). The van der Waals surface area contributed by atoms with Crippen molar-refractivity contribution in [1.82, 2.24) is 0 Å².